The lowest BCUT2D eigenvalue weighted by molar-refractivity contribution is -0.140. The van der Waals surface area contributed by atoms with Crippen molar-refractivity contribution in [2.75, 3.05) is 19.8 Å². The fourth-order valence-electron chi connectivity index (χ4n) is 4.72. The van der Waals surface area contributed by atoms with Crippen LogP contribution in [0.2, 0.25) is 15.1 Å². The molecule has 1 aliphatic heterocycles. The molecule has 1 aliphatic carbocycles. The summed E-state index contributed by atoms with van der Waals surface area (Å²) in [6, 6.07) is 12.8. The number of benzene rings is 2. The second-order valence-corrected chi connectivity index (χ2v) is 9.83. The summed E-state index contributed by atoms with van der Waals surface area (Å²) >= 11 is 18.5. The van der Waals surface area contributed by atoms with E-state index in [0.717, 1.165) is 11.3 Å². The average Bonchev–Trinajstić information content (AvgIpc) is 2.83. The summed E-state index contributed by atoms with van der Waals surface area (Å²) in [6.07, 6.45) is 0.955. The molecule has 2 aromatic carbocycles. The van der Waals surface area contributed by atoms with Crippen LogP contribution in [-0.2, 0) is 19.1 Å². The number of hydrogen-bond donors (Lipinski definition) is 1. The predicted octanol–water partition coefficient (Wildman–Crippen LogP) is 6.59. The molecule has 5 nitrogen and oxygen atoms in total. The molecule has 0 radical (unpaired) electrons. The highest BCUT2D eigenvalue weighted by Gasteiger charge is 2.41. The Hall–Kier alpha value is -2.31. The molecule has 1 heterocycles. The number of allylic oxidation sites excluding steroid dienone is 3. The van der Waals surface area contributed by atoms with E-state index in [1.165, 1.54) is 0 Å². The van der Waals surface area contributed by atoms with Gasteiger partial charge >= 0.3 is 5.97 Å². The van der Waals surface area contributed by atoms with E-state index in [-0.39, 0.29) is 18.3 Å². The molecule has 4 rings (SSSR count). The number of nitrogens with one attached hydrogen (secondary N) is 1. The summed E-state index contributed by atoms with van der Waals surface area (Å²) in [6.45, 7) is 4.65. The van der Waals surface area contributed by atoms with Crippen LogP contribution in [0.5, 0.6) is 0 Å². The van der Waals surface area contributed by atoms with Gasteiger partial charge in [-0.1, -0.05) is 53.0 Å². The molecule has 1 N–H and O–H groups in total. The van der Waals surface area contributed by atoms with Crippen LogP contribution in [0.4, 0.5) is 0 Å². The third kappa shape index (κ3) is 5.59. The quantitative estimate of drug-likeness (QED) is 0.321. The van der Waals surface area contributed by atoms with E-state index < -0.39 is 11.9 Å². The van der Waals surface area contributed by atoms with Crippen LogP contribution in [0, 0.1) is 0 Å². The third-order valence-electron chi connectivity index (χ3n) is 6.33. The first kappa shape index (κ1) is 25.8. The maximum Gasteiger partial charge on any atom is 0.336 e. The second kappa shape index (κ2) is 11.2. The predicted molar refractivity (Wildman–Crippen MR) is 138 cm³/mol. The van der Waals surface area contributed by atoms with Crippen molar-refractivity contribution in [1.29, 1.82) is 0 Å². The van der Waals surface area contributed by atoms with Crippen molar-refractivity contribution in [1.82, 2.24) is 5.32 Å². The molecule has 0 spiro atoms. The highest BCUT2D eigenvalue weighted by molar-refractivity contribution is 6.42. The van der Waals surface area contributed by atoms with E-state index in [9.17, 15) is 9.59 Å². The number of dihydropyridines is 1. The summed E-state index contributed by atoms with van der Waals surface area (Å²) in [4.78, 5) is 26.8. The third-order valence-corrected chi connectivity index (χ3v) is 7.32. The molecule has 2 atom stereocenters. The largest absolute Gasteiger partial charge is 0.460 e. The molecule has 8 heteroatoms. The van der Waals surface area contributed by atoms with Gasteiger partial charge in [0, 0.05) is 40.9 Å². The number of ether oxygens (including phenoxy) is 2. The number of carbonyl (C=O) groups excluding carboxylic acids is 2. The highest BCUT2D eigenvalue weighted by Crippen LogP contribution is 2.46. The molecule has 0 amide bonds. The smallest absolute Gasteiger partial charge is 0.336 e. The molecule has 2 aromatic rings. The average molecular weight is 535 g/mol. The van der Waals surface area contributed by atoms with Crippen LogP contribution in [0.3, 0.4) is 0 Å². The number of esters is 1. The van der Waals surface area contributed by atoms with Crippen LogP contribution in [0.15, 0.2) is 65.0 Å². The summed E-state index contributed by atoms with van der Waals surface area (Å²) in [7, 11) is 0. The van der Waals surface area contributed by atoms with Gasteiger partial charge in [0.1, 0.15) is 6.61 Å². The molecule has 0 bridgehead atoms. The summed E-state index contributed by atoms with van der Waals surface area (Å²) < 4.78 is 10.8. The molecule has 0 saturated carbocycles. The van der Waals surface area contributed by atoms with E-state index in [1.54, 1.807) is 18.2 Å². The van der Waals surface area contributed by atoms with Gasteiger partial charge in [-0.25, -0.2) is 4.79 Å². The molecule has 0 aromatic heterocycles. The lowest BCUT2D eigenvalue weighted by Crippen LogP contribution is -2.36. The standard InChI is InChI=1S/C27H26Cl3NO4/c1-3-34-10-11-35-27(33)24-15(2)31-22-13-18(16-4-7-19(28)8-5-16)14-23(32)26(22)25(24)17-6-9-20(29)21(30)12-17/h4-9,12,18,25,31H,3,10-11,13-14H2,1-2H3/t18-,25+/m0/s1. The molecule has 184 valence electrons. The molecular formula is C27H26Cl3NO4. The Balaban J connectivity index is 1.73. The first-order valence-electron chi connectivity index (χ1n) is 11.5. The Morgan fingerprint density at radius 2 is 1.71 bits per heavy atom. The van der Waals surface area contributed by atoms with Crippen molar-refractivity contribution in [2.24, 2.45) is 0 Å². The van der Waals surface area contributed by atoms with E-state index in [4.69, 9.17) is 44.3 Å². The van der Waals surface area contributed by atoms with Crippen molar-refractivity contribution >= 4 is 46.6 Å². The minimum Gasteiger partial charge on any atom is -0.460 e. The van der Waals surface area contributed by atoms with Gasteiger partial charge in [0.25, 0.3) is 0 Å². The van der Waals surface area contributed by atoms with Gasteiger partial charge in [-0.3, -0.25) is 4.79 Å². The minimum absolute atomic E-state index is 0.00738. The van der Waals surface area contributed by atoms with Crippen LogP contribution in [-0.4, -0.2) is 31.6 Å². The molecular weight excluding hydrogens is 509 g/mol. The fourth-order valence-corrected chi connectivity index (χ4v) is 5.15. The van der Waals surface area contributed by atoms with Gasteiger partial charge in [-0.05, 0) is 61.6 Å². The van der Waals surface area contributed by atoms with Gasteiger partial charge in [0.2, 0.25) is 0 Å². The van der Waals surface area contributed by atoms with Gasteiger partial charge in [-0.2, -0.15) is 0 Å². The lowest BCUT2D eigenvalue weighted by atomic mass is 9.72. The highest BCUT2D eigenvalue weighted by atomic mass is 35.5. The SMILES string of the molecule is CCOCCOC(=O)C1=C(C)NC2=C(C(=O)C[C@@H](c3ccc(Cl)cc3)C2)[C@@H]1c1ccc(Cl)c(Cl)c1. The Morgan fingerprint density at radius 3 is 2.40 bits per heavy atom. The fraction of sp³-hybridized carbons (Fsp3) is 0.333. The van der Waals surface area contributed by atoms with E-state index >= 15 is 0 Å². The van der Waals surface area contributed by atoms with Crippen molar-refractivity contribution < 1.29 is 19.1 Å². The van der Waals surface area contributed by atoms with Crippen molar-refractivity contribution in [3.8, 4) is 0 Å². The van der Waals surface area contributed by atoms with Crippen molar-refractivity contribution in [3.63, 3.8) is 0 Å². The maximum absolute atomic E-state index is 13.6. The number of Topliss-reactive ketones (excluding diaryl/α,β-unsaturated/α-hetero) is 1. The first-order valence-corrected chi connectivity index (χ1v) is 12.6. The van der Waals surface area contributed by atoms with Gasteiger partial charge in [0.15, 0.2) is 5.78 Å². The molecule has 0 fully saturated rings. The molecule has 35 heavy (non-hydrogen) atoms. The normalized spacial score (nSPS) is 20.0. The first-order chi connectivity index (χ1) is 16.8. The Labute approximate surface area is 220 Å². The Morgan fingerprint density at radius 1 is 1.00 bits per heavy atom. The van der Waals surface area contributed by atoms with Crippen molar-refractivity contribution in [3.05, 3.63) is 91.2 Å². The Bertz CT molecular complexity index is 1200. The zero-order valence-electron chi connectivity index (χ0n) is 19.5. The number of rotatable bonds is 7. The van der Waals surface area contributed by atoms with Crippen LogP contribution in [0.25, 0.3) is 0 Å². The van der Waals surface area contributed by atoms with Crippen LogP contribution in [0.1, 0.15) is 49.7 Å². The van der Waals surface area contributed by atoms with Gasteiger partial charge < -0.3 is 14.8 Å². The topological polar surface area (TPSA) is 64.6 Å². The van der Waals surface area contributed by atoms with Gasteiger partial charge in [-0.15, -0.1) is 0 Å². The maximum atomic E-state index is 13.6. The van der Waals surface area contributed by atoms with Crippen LogP contribution >= 0.6 is 34.8 Å². The van der Waals surface area contributed by atoms with E-state index in [1.807, 2.05) is 38.1 Å². The number of halogens is 3. The minimum atomic E-state index is -0.612. The van der Waals surface area contributed by atoms with Gasteiger partial charge in [0.05, 0.1) is 22.2 Å². The molecule has 0 unspecified atom stereocenters. The Kier molecular flexibility index (Phi) is 8.23. The second-order valence-electron chi connectivity index (χ2n) is 8.58. The molecule has 2 aliphatic rings. The molecule has 0 saturated heterocycles. The van der Waals surface area contributed by atoms with E-state index in [0.29, 0.717) is 63.5 Å². The summed E-state index contributed by atoms with van der Waals surface area (Å²) in [5, 5.41) is 4.75. The zero-order valence-corrected chi connectivity index (χ0v) is 21.8. The number of ketones is 1. The monoisotopic (exact) mass is 533 g/mol. The van der Waals surface area contributed by atoms with E-state index in [2.05, 4.69) is 5.32 Å². The van der Waals surface area contributed by atoms with Crippen LogP contribution < -0.4 is 5.32 Å². The lowest BCUT2D eigenvalue weighted by Gasteiger charge is -2.36. The van der Waals surface area contributed by atoms with Crippen molar-refractivity contribution in [2.45, 2.75) is 38.5 Å². The zero-order chi connectivity index (χ0) is 25.1. The summed E-state index contributed by atoms with van der Waals surface area (Å²) in [5.41, 5.74) is 4.16. The number of carbonyl (C=O) groups is 2. The number of hydrogen-bond acceptors (Lipinski definition) is 5. The summed E-state index contributed by atoms with van der Waals surface area (Å²) in [5.74, 6) is -1.13.